The fourth-order valence-electron chi connectivity index (χ4n) is 0.918. The average molecular weight is 153 g/mol. The zero-order valence-electron chi connectivity index (χ0n) is 5.32. The first-order valence-corrected chi connectivity index (χ1v) is 3.88. The number of nitrogens with zero attached hydrogens (tertiary/aromatic N) is 2. The Bertz CT molecular complexity index is 266. The van der Waals surface area contributed by atoms with Crippen LogP contribution in [0.3, 0.4) is 0 Å². The predicted molar refractivity (Wildman–Crippen MR) is 44.0 cm³/mol. The highest BCUT2D eigenvalue weighted by molar-refractivity contribution is 7.14. The van der Waals surface area contributed by atoms with Crippen molar-refractivity contribution < 1.29 is 0 Å². The highest BCUT2D eigenvalue weighted by Crippen LogP contribution is 2.34. The maximum Gasteiger partial charge on any atom is 0.132 e. The summed E-state index contributed by atoms with van der Waals surface area (Å²) in [6, 6.07) is 1.97. The van der Waals surface area contributed by atoms with Crippen molar-refractivity contribution in [1.29, 1.82) is 0 Å². The molecule has 0 saturated carbocycles. The molecule has 0 amide bonds. The van der Waals surface area contributed by atoms with Crippen molar-refractivity contribution in [2.45, 2.75) is 0 Å². The van der Waals surface area contributed by atoms with Crippen molar-refractivity contribution in [3.05, 3.63) is 11.4 Å². The third kappa shape index (κ3) is 0.732. The van der Waals surface area contributed by atoms with Crippen molar-refractivity contribution in [3.63, 3.8) is 0 Å². The van der Waals surface area contributed by atoms with Gasteiger partial charge in [-0.2, -0.15) is 0 Å². The summed E-state index contributed by atoms with van der Waals surface area (Å²) in [5, 5.41) is 4.75. The number of hydrazine groups is 1. The van der Waals surface area contributed by atoms with E-state index < -0.39 is 0 Å². The number of hydrogen-bond acceptors (Lipinski definition) is 4. The van der Waals surface area contributed by atoms with Crippen LogP contribution >= 0.6 is 11.3 Å². The van der Waals surface area contributed by atoms with Gasteiger partial charge in [-0.15, -0.1) is 11.3 Å². The van der Waals surface area contributed by atoms with E-state index in [1.165, 1.54) is 0 Å². The quantitative estimate of drug-likeness (QED) is 0.568. The molecule has 2 rings (SSSR count). The zero-order valence-corrected chi connectivity index (χ0v) is 6.14. The van der Waals surface area contributed by atoms with E-state index in [0.29, 0.717) is 6.54 Å². The van der Waals surface area contributed by atoms with Crippen LogP contribution in [0, 0.1) is 0 Å². The monoisotopic (exact) mass is 153 g/mol. The summed E-state index contributed by atoms with van der Waals surface area (Å²) >= 11 is 1.62. The molecular weight excluding hydrogens is 146 g/mol. The minimum atomic E-state index is 0.716. The smallest absolute Gasteiger partial charge is 0.132 e. The van der Waals surface area contributed by atoms with Gasteiger partial charge in [-0.1, -0.05) is 0 Å². The molecule has 0 bridgehead atoms. The maximum atomic E-state index is 5.64. The second-order valence-electron chi connectivity index (χ2n) is 2.08. The Hall–Kier alpha value is -0.870. The van der Waals surface area contributed by atoms with Crippen molar-refractivity contribution in [3.8, 4) is 0 Å². The number of anilines is 1. The molecule has 52 valence electrons. The van der Waals surface area contributed by atoms with E-state index in [0.717, 1.165) is 10.7 Å². The first-order chi connectivity index (χ1) is 4.88. The molecule has 0 aromatic carbocycles. The Morgan fingerprint density at radius 3 is 3.40 bits per heavy atom. The second kappa shape index (κ2) is 2.07. The number of nitrogens with two attached hydrogens (primary N) is 1. The van der Waals surface area contributed by atoms with Crippen molar-refractivity contribution in [1.82, 2.24) is 0 Å². The first kappa shape index (κ1) is 5.88. The maximum absolute atomic E-state index is 5.64. The SMILES string of the molecule is NN1CC=Nc2ccsc21. The molecule has 1 aromatic heterocycles. The lowest BCUT2D eigenvalue weighted by atomic mass is 10.4. The summed E-state index contributed by atoms with van der Waals surface area (Å²) in [4.78, 5) is 4.17. The van der Waals surface area contributed by atoms with E-state index in [9.17, 15) is 0 Å². The Morgan fingerprint density at radius 1 is 1.70 bits per heavy atom. The van der Waals surface area contributed by atoms with Gasteiger partial charge < -0.3 is 0 Å². The van der Waals surface area contributed by atoms with Crippen LogP contribution in [0.15, 0.2) is 16.4 Å². The van der Waals surface area contributed by atoms with Crippen LogP contribution in [-0.4, -0.2) is 12.8 Å². The minimum absolute atomic E-state index is 0.716. The van der Waals surface area contributed by atoms with Crippen molar-refractivity contribution in [2.24, 2.45) is 10.8 Å². The number of aliphatic imine (C=N–C) groups is 1. The molecule has 1 aliphatic rings. The standard InChI is InChI=1S/C6H7N3S/c7-9-3-2-8-5-1-4-10-6(5)9/h1-2,4H,3,7H2. The third-order valence-electron chi connectivity index (χ3n) is 1.39. The molecule has 3 nitrogen and oxygen atoms in total. The Balaban J connectivity index is 2.52. The molecule has 0 unspecified atom stereocenters. The number of thiophene rings is 1. The summed E-state index contributed by atoms with van der Waals surface area (Å²) in [5.74, 6) is 5.64. The van der Waals surface area contributed by atoms with Gasteiger partial charge in [0.1, 0.15) is 5.00 Å². The van der Waals surface area contributed by atoms with Crippen LogP contribution in [-0.2, 0) is 0 Å². The van der Waals surface area contributed by atoms with Gasteiger partial charge in [0.2, 0.25) is 0 Å². The van der Waals surface area contributed by atoms with Crippen molar-refractivity contribution >= 4 is 28.2 Å². The molecule has 1 aliphatic heterocycles. The van der Waals surface area contributed by atoms with E-state index in [1.54, 1.807) is 16.3 Å². The van der Waals surface area contributed by atoms with Crippen LogP contribution in [0.25, 0.3) is 0 Å². The molecule has 0 spiro atoms. The van der Waals surface area contributed by atoms with Crippen LogP contribution in [0.1, 0.15) is 0 Å². The second-order valence-corrected chi connectivity index (χ2v) is 2.97. The first-order valence-electron chi connectivity index (χ1n) is 3.00. The Morgan fingerprint density at radius 2 is 2.60 bits per heavy atom. The normalized spacial score (nSPS) is 15.5. The lowest BCUT2D eigenvalue weighted by Crippen LogP contribution is -2.33. The number of rotatable bonds is 0. The van der Waals surface area contributed by atoms with Gasteiger partial charge in [0.15, 0.2) is 0 Å². The third-order valence-corrected chi connectivity index (χ3v) is 2.33. The van der Waals surface area contributed by atoms with Gasteiger partial charge in [0.05, 0.1) is 12.2 Å². The molecule has 0 saturated heterocycles. The molecule has 0 atom stereocenters. The van der Waals surface area contributed by atoms with Crippen LogP contribution < -0.4 is 10.9 Å². The summed E-state index contributed by atoms with van der Waals surface area (Å²) in [6.45, 7) is 0.716. The average Bonchev–Trinajstić information content (AvgIpc) is 2.36. The van der Waals surface area contributed by atoms with Crippen LogP contribution in [0.5, 0.6) is 0 Å². The predicted octanol–water partition coefficient (Wildman–Crippen LogP) is 1.14. The van der Waals surface area contributed by atoms with E-state index in [2.05, 4.69) is 4.99 Å². The molecule has 1 aromatic rings. The Kier molecular flexibility index (Phi) is 1.22. The minimum Gasteiger partial charge on any atom is -0.295 e. The zero-order chi connectivity index (χ0) is 6.97. The molecule has 0 radical (unpaired) electrons. The van der Waals surface area contributed by atoms with Crippen LogP contribution in [0.4, 0.5) is 10.7 Å². The number of hydrogen-bond donors (Lipinski definition) is 1. The van der Waals surface area contributed by atoms with Crippen molar-refractivity contribution in [2.75, 3.05) is 11.6 Å². The van der Waals surface area contributed by atoms with Gasteiger partial charge >= 0.3 is 0 Å². The lowest BCUT2D eigenvalue weighted by molar-refractivity contribution is 0.974. The molecular formula is C6H7N3S. The Labute approximate surface area is 62.8 Å². The highest BCUT2D eigenvalue weighted by Gasteiger charge is 2.10. The summed E-state index contributed by atoms with van der Waals surface area (Å²) in [7, 11) is 0. The summed E-state index contributed by atoms with van der Waals surface area (Å²) in [5.41, 5.74) is 0.985. The molecule has 10 heavy (non-hydrogen) atoms. The van der Waals surface area contributed by atoms with Gasteiger partial charge in [-0.3, -0.25) is 10.0 Å². The van der Waals surface area contributed by atoms with E-state index >= 15 is 0 Å². The molecule has 0 aliphatic carbocycles. The summed E-state index contributed by atoms with van der Waals surface area (Å²) < 4.78 is 0. The van der Waals surface area contributed by atoms with E-state index in [4.69, 9.17) is 5.84 Å². The van der Waals surface area contributed by atoms with Gasteiger partial charge in [-0.05, 0) is 11.4 Å². The largest absolute Gasteiger partial charge is 0.295 e. The van der Waals surface area contributed by atoms with Crippen LogP contribution in [0.2, 0.25) is 0 Å². The topological polar surface area (TPSA) is 41.6 Å². The fraction of sp³-hybridized carbons (Fsp3) is 0.167. The lowest BCUT2D eigenvalue weighted by Gasteiger charge is -2.17. The summed E-state index contributed by atoms with van der Waals surface area (Å²) in [6.07, 6.45) is 1.81. The van der Waals surface area contributed by atoms with E-state index in [1.807, 2.05) is 17.7 Å². The van der Waals surface area contributed by atoms with Gasteiger partial charge in [0, 0.05) is 6.21 Å². The van der Waals surface area contributed by atoms with E-state index in [-0.39, 0.29) is 0 Å². The molecule has 0 fully saturated rings. The van der Waals surface area contributed by atoms with Gasteiger partial charge in [0.25, 0.3) is 0 Å². The highest BCUT2D eigenvalue weighted by atomic mass is 32.1. The van der Waals surface area contributed by atoms with Gasteiger partial charge in [-0.25, -0.2) is 5.84 Å². The fourth-order valence-corrected chi connectivity index (χ4v) is 1.69. The molecule has 4 heteroatoms. The molecule has 2 N–H and O–H groups in total. The molecule has 2 heterocycles. The number of fused-ring (bicyclic) bond motifs is 1.